The topological polar surface area (TPSA) is 46.5 Å². The van der Waals surface area contributed by atoms with Crippen LogP contribution in [0.15, 0.2) is 36.9 Å². The Bertz CT molecular complexity index is 354. The molecule has 3 heteroatoms. The zero-order chi connectivity index (χ0) is 12.0. The van der Waals surface area contributed by atoms with E-state index < -0.39 is 5.97 Å². The number of phenolic OH excluding ortho intramolecular Hbond substituents is 1. The standard InChI is InChI=1S/C13H16O3/c1-3-5-12(4-2)16-13(15)10-6-8-11(14)9-7-10/h4,6-9,12,14H,2-3,5H2,1H3. The van der Waals surface area contributed by atoms with E-state index in [2.05, 4.69) is 6.58 Å². The highest BCUT2D eigenvalue weighted by atomic mass is 16.5. The van der Waals surface area contributed by atoms with Crippen molar-refractivity contribution >= 4 is 5.97 Å². The molecule has 0 radical (unpaired) electrons. The van der Waals surface area contributed by atoms with E-state index in [9.17, 15) is 4.79 Å². The number of hydrogen-bond acceptors (Lipinski definition) is 3. The van der Waals surface area contributed by atoms with Crippen LogP contribution in [0.4, 0.5) is 0 Å². The van der Waals surface area contributed by atoms with Crippen LogP contribution in [0.25, 0.3) is 0 Å². The van der Waals surface area contributed by atoms with Gasteiger partial charge in [-0.1, -0.05) is 26.0 Å². The second-order valence-electron chi connectivity index (χ2n) is 3.52. The summed E-state index contributed by atoms with van der Waals surface area (Å²) in [5.74, 6) is -0.260. The third-order valence-corrected chi connectivity index (χ3v) is 2.20. The molecule has 1 N–H and O–H groups in total. The number of phenols is 1. The minimum atomic E-state index is -0.390. The van der Waals surface area contributed by atoms with E-state index in [0.717, 1.165) is 12.8 Å². The second kappa shape index (κ2) is 5.95. The van der Waals surface area contributed by atoms with Gasteiger partial charge in [-0.15, -0.1) is 0 Å². The minimum Gasteiger partial charge on any atom is -0.508 e. The van der Waals surface area contributed by atoms with Gasteiger partial charge in [-0.25, -0.2) is 4.79 Å². The molecule has 0 aliphatic heterocycles. The quantitative estimate of drug-likeness (QED) is 0.613. The number of ether oxygens (including phenoxy) is 1. The minimum absolute atomic E-state index is 0.130. The maximum absolute atomic E-state index is 11.6. The molecule has 0 saturated carbocycles. The summed E-state index contributed by atoms with van der Waals surface area (Å²) in [5, 5.41) is 9.08. The van der Waals surface area contributed by atoms with Crippen LogP contribution < -0.4 is 0 Å². The first-order valence-corrected chi connectivity index (χ1v) is 5.30. The van der Waals surface area contributed by atoms with Gasteiger partial charge in [-0.3, -0.25) is 0 Å². The molecule has 1 unspecified atom stereocenters. The van der Waals surface area contributed by atoms with Crippen molar-refractivity contribution in [1.29, 1.82) is 0 Å². The molecule has 0 aromatic heterocycles. The number of aromatic hydroxyl groups is 1. The maximum Gasteiger partial charge on any atom is 0.338 e. The van der Waals surface area contributed by atoms with Crippen molar-refractivity contribution in [2.75, 3.05) is 0 Å². The molecule has 1 aromatic carbocycles. The number of benzene rings is 1. The summed E-state index contributed by atoms with van der Waals surface area (Å²) < 4.78 is 5.23. The molecule has 0 aliphatic rings. The Morgan fingerprint density at radius 3 is 2.62 bits per heavy atom. The van der Waals surface area contributed by atoms with Gasteiger partial charge in [-0.05, 0) is 30.7 Å². The van der Waals surface area contributed by atoms with E-state index in [0.29, 0.717) is 5.56 Å². The summed E-state index contributed by atoms with van der Waals surface area (Å²) in [7, 11) is 0. The van der Waals surface area contributed by atoms with Gasteiger partial charge in [-0.2, -0.15) is 0 Å². The molecule has 1 atom stereocenters. The number of rotatable bonds is 5. The Hall–Kier alpha value is -1.77. The molecule has 0 heterocycles. The lowest BCUT2D eigenvalue weighted by molar-refractivity contribution is 0.0380. The lowest BCUT2D eigenvalue weighted by Crippen LogP contribution is -2.15. The average Bonchev–Trinajstić information content (AvgIpc) is 2.29. The Morgan fingerprint density at radius 1 is 1.50 bits per heavy atom. The van der Waals surface area contributed by atoms with Crippen LogP contribution in [0, 0.1) is 0 Å². The van der Waals surface area contributed by atoms with Gasteiger partial charge in [0.25, 0.3) is 0 Å². The highest BCUT2D eigenvalue weighted by Gasteiger charge is 2.12. The molecule has 0 fully saturated rings. The fourth-order valence-electron chi connectivity index (χ4n) is 1.31. The molecule has 1 aromatic rings. The van der Waals surface area contributed by atoms with Crippen LogP contribution in [-0.2, 0) is 4.74 Å². The second-order valence-corrected chi connectivity index (χ2v) is 3.52. The molecule has 0 amide bonds. The van der Waals surface area contributed by atoms with E-state index >= 15 is 0 Å². The molecule has 0 bridgehead atoms. The first-order chi connectivity index (χ1) is 7.67. The van der Waals surface area contributed by atoms with Crippen LogP contribution in [0.2, 0.25) is 0 Å². The van der Waals surface area contributed by atoms with Crippen molar-refractivity contribution in [1.82, 2.24) is 0 Å². The highest BCUT2D eigenvalue weighted by molar-refractivity contribution is 5.89. The van der Waals surface area contributed by atoms with Crippen molar-refractivity contribution < 1.29 is 14.6 Å². The third-order valence-electron chi connectivity index (χ3n) is 2.20. The van der Waals surface area contributed by atoms with E-state index in [1.54, 1.807) is 6.08 Å². The van der Waals surface area contributed by atoms with Crippen LogP contribution in [-0.4, -0.2) is 17.2 Å². The number of carbonyl (C=O) groups is 1. The van der Waals surface area contributed by atoms with Crippen LogP contribution in [0.1, 0.15) is 30.1 Å². The summed E-state index contributed by atoms with van der Waals surface area (Å²) in [5.41, 5.74) is 0.431. The summed E-state index contributed by atoms with van der Waals surface area (Å²) >= 11 is 0. The van der Waals surface area contributed by atoms with E-state index in [-0.39, 0.29) is 11.9 Å². The molecular formula is C13H16O3. The number of hydrogen-bond donors (Lipinski definition) is 1. The van der Waals surface area contributed by atoms with Crippen molar-refractivity contribution in [3.8, 4) is 5.75 Å². The van der Waals surface area contributed by atoms with E-state index in [1.807, 2.05) is 6.92 Å². The van der Waals surface area contributed by atoms with E-state index in [4.69, 9.17) is 9.84 Å². The Balaban J connectivity index is 2.64. The van der Waals surface area contributed by atoms with Crippen molar-refractivity contribution in [3.05, 3.63) is 42.5 Å². The van der Waals surface area contributed by atoms with Gasteiger partial charge in [0.05, 0.1) is 5.56 Å². The van der Waals surface area contributed by atoms with Crippen molar-refractivity contribution in [2.24, 2.45) is 0 Å². The predicted molar refractivity (Wildman–Crippen MR) is 62.4 cm³/mol. The summed E-state index contributed by atoms with van der Waals surface area (Å²) in [6.07, 6.45) is 3.08. The van der Waals surface area contributed by atoms with Crippen LogP contribution in [0.3, 0.4) is 0 Å². The van der Waals surface area contributed by atoms with Gasteiger partial charge in [0, 0.05) is 0 Å². The monoisotopic (exact) mass is 220 g/mol. The molecule has 3 nitrogen and oxygen atoms in total. The number of carbonyl (C=O) groups excluding carboxylic acids is 1. The molecular weight excluding hydrogens is 204 g/mol. The average molecular weight is 220 g/mol. The van der Waals surface area contributed by atoms with Crippen LogP contribution >= 0.6 is 0 Å². The summed E-state index contributed by atoms with van der Waals surface area (Å²) in [6, 6.07) is 5.98. The fraction of sp³-hybridized carbons (Fsp3) is 0.308. The number of esters is 1. The zero-order valence-corrected chi connectivity index (χ0v) is 9.35. The fourth-order valence-corrected chi connectivity index (χ4v) is 1.31. The SMILES string of the molecule is C=CC(CCC)OC(=O)c1ccc(O)cc1. The molecule has 1 rings (SSSR count). The first-order valence-electron chi connectivity index (χ1n) is 5.30. The Kier molecular flexibility index (Phi) is 4.58. The molecule has 0 saturated heterocycles. The normalized spacial score (nSPS) is 11.8. The first kappa shape index (κ1) is 12.3. The maximum atomic E-state index is 11.6. The lowest BCUT2D eigenvalue weighted by atomic mass is 10.2. The van der Waals surface area contributed by atoms with Gasteiger partial charge in [0.2, 0.25) is 0 Å². The third kappa shape index (κ3) is 3.42. The predicted octanol–water partition coefficient (Wildman–Crippen LogP) is 2.90. The van der Waals surface area contributed by atoms with Crippen LogP contribution in [0.5, 0.6) is 5.75 Å². The summed E-state index contributed by atoms with van der Waals surface area (Å²) in [4.78, 5) is 11.6. The van der Waals surface area contributed by atoms with Gasteiger partial charge in [0.15, 0.2) is 0 Å². The zero-order valence-electron chi connectivity index (χ0n) is 9.35. The van der Waals surface area contributed by atoms with Crippen molar-refractivity contribution in [3.63, 3.8) is 0 Å². The smallest absolute Gasteiger partial charge is 0.338 e. The van der Waals surface area contributed by atoms with E-state index in [1.165, 1.54) is 24.3 Å². The van der Waals surface area contributed by atoms with Gasteiger partial charge >= 0.3 is 5.97 Å². The Morgan fingerprint density at radius 2 is 2.12 bits per heavy atom. The highest BCUT2D eigenvalue weighted by Crippen LogP contribution is 2.12. The van der Waals surface area contributed by atoms with Gasteiger partial charge < -0.3 is 9.84 Å². The largest absolute Gasteiger partial charge is 0.508 e. The molecule has 0 aliphatic carbocycles. The summed E-state index contributed by atoms with van der Waals surface area (Å²) in [6.45, 7) is 5.64. The molecule has 86 valence electrons. The Labute approximate surface area is 95.4 Å². The van der Waals surface area contributed by atoms with Crippen molar-refractivity contribution in [2.45, 2.75) is 25.9 Å². The lowest BCUT2D eigenvalue weighted by Gasteiger charge is -2.12. The molecule has 16 heavy (non-hydrogen) atoms. The van der Waals surface area contributed by atoms with Gasteiger partial charge in [0.1, 0.15) is 11.9 Å². The molecule has 0 spiro atoms.